The van der Waals surface area contributed by atoms with Crippen molar-refractivity contribution in [3.8, 4) is 0 Å². The first-order valence-electron chi connectivity index (χ1n) is 4.30. The van der Waals surface area contributed by atoms with Crippen LogP contribution in [0.25, 0.3) is 0 Å². The van der Waals surface area contributed by atoms with Crippen molar-refractivity contribution in [2.75, 3.05) is 5.75 Å². The lowest BCUT2D eigenvalue weighted by Gasteiger charge is -1.99. The van der Waals surface area contributed by atoms with Crippen molar-refractivity contribution in [1.29, 1.82) is 0 Å². The van der Waals surface area contributed by atoms with E-state index in [1.807, 2.05) is 11.8 Å². The topological polar surface area (TPSA) is 25.8 Å². The van der Waals surface area contributed by atoms with Gasteiger partial charge in [-0.3, -0.25) is 0 Å². The van der Waals surface area contributed by atoms with Gasteiger partial charge in [0, 0.05) is 18.0 Å². The zero-order valence-electron chi connectivity index (χ0n) is 7.66. The van der Waals surface area contributed by atoms with Crippen LogP contribution in [0.15, 0.2) is 12.4 Å². The maximum atomic E-state index is 5.62. The fourth-order valence-corrected chi connectivity index (χ4v) is 1.74. The summed E-state index contributed by atoms with van der Waals surface area (Å²) >= 11 is 7.48. The third kappa shape index (κ3) is 3.96. The zero-order chi connectivity index (χ0) is 9.52. The van der Waals surface area contributed by atoms with Gasteiger partial charge in [0.05, 0.1) is 11.6 Å². The molecule has 0 atom stereocenters. The number of rotatable bonds is 5. The molecule has 13 heavy (non-hydrogen) atoms. The third-order valence-electron chi connectivity index (χ3n) is 1.49. The van der Waals surface area contributed by atoms with Gasteiger partial charge in [0.25, 0.3) is 0 Å². The number of hydrogen-bond acceptors (Lipinski definition) is 3. The molecule has 0 fully saturated rings. The van der Waals surface area contributed by atoms with Crippen LogP contribution in [0.5, 0.6) is 0 Å². The van der Waals surface area contributed by atoms with Crippen LogP contribution in [0.1, 0.15) is 24.7 Å². The molecular weight excluding hydrogens is 204 g/mol. The Balaban J connectivity index is 2.40. The molecule has 0 radical (unpaired) electrons. The monoisotopic (exact) mass is 216 g/mol. The normalized spacial score (nSPS) is 10.3. The van der Waals surface area contributed by atoms with Crippen LogP contribution in [-0.4, -0.2) is 15.7 Å². The van der Waals surface area contributed by atoms with E-state index >= 15 is 0 Å². The molecular formula is C9H13ClN2S. The van der Waals surface area contributed by atoms with Gasteiger partial charge in [-0.2, -0.15) is 11.8 Å². The average Bonchev–Trinajstić information content (AvgIpc) is 2.19. The summed E-state index contributed by atoms with van der Waals surface area (Å²) in [5, 5.41) is 0. The van der Waals surface area contributed by atoms with Gasteiger partial charge in [-0.05, 0) is 12.2 Å². The quantitative estimate of drug-likeness (QED) is 0.559. The largest absolute Gasteiger partial charge is 0.240 e. The molecule has 72 valence electrons. The van der Waals surface area contributed by atoms with Gasteiger partial charge >= 0.3 is 0 Å². The van der Waals surface area contributed by atoms with Crippen molar-refractivity contribution in [3.05, 3.63) is 23.8 Å². The number of alkyl halides is 1. The smallest absolute Gasteiger partial charge is 0.138 e. The Kier molecular flexibility index (Phi) is 5.16. The Hall–Kier alpha value is -0.280. The highest BCUT2D eigenvalue weighted by molar-refractivity contribution is 7.98. The lowest BCUT2D eigenvalue weighted by molar-refractivity contribution is 1.00. The van der Waals surface area contributed by atoms with E-state index in [1.54, 1.807) is 12.4 Å². The summed E-state index contributed by atoms with van der Waals surface area (Å²) in [4.78, 5) is 8.41. The molecule has 0 N–H and O–H groups in total. The van der Waals surface area contributed by atoms with Gasteiger partial charge in [0.1, 0.15) is 5.82 Å². The summed E-state index contributed by atoms with van der Waals surface area (Å²) in [7, 11) is 0. The maximum absolute atomic E-state index is 5.62. The highest BCUT2D eigenvalue weighted by Crippen LogP contribution is 2.09. The minimum absolute atomic E-state index is 0.488. The van der Waals surface area contributed by atoms with Crippen LogP contribution in [0.3, 0.4) is 0 Å². The molecule has 0 bridgehead atoms. The number of hydrogen-bond donors (Lipinski definition) is 0. The molecule has 0 aliphatic carbocycles. The van der Waals surface area contributed by atoms with E-state index in [-0.39, 0.29) is 0 Å². The summed E-state index contributed by atoms with van der Waals surface area (Å²) in [6.45, 7) is 2.17. The standard InChI is InChI=1S/C9H13ClN2S/c1-2-3-13-7-9-11-5-8(4-10)6-12-9/h5-6H,2-4,7H2,1H3. The van der Waals surface area contributed by atoms with Crippen LogP contribution >= 0.6 is 23.4 Å². The van der Waals surface area contributed by atoms with Crippen molar-refractivity contribution in [1.82, 2.24) is 9.97 Å². The van der Waals surface area contributed by atoms with Crippen molar-refractivity contribution in [3.63, 3.8) is 0 Å². The fraction of sp³-hybridized carbons (Fsp3) is 0.556. The number of nitrogens with zero attached hydrogens (tertiary/aromatic N) is 2. The molecule has 1 aromatic heterocycles. The van der Waals surface area contributed by atoms with Gasteiger partial charge in [-0.25, -0.2) is 9.97 Å². The Morgan fingerprint density at radius 3 is 2.62 bits per heavy atom. The summed E-state index contributed by atoms with van der Waals surface area (Å²) in [5.41, 5.74) is 0.978. The Morgan fingerprint density at radius 1 is 1.38 bits per heavy atom. The van der Waals surface area contributed by atoms with Gasteiger partial charge in [-0.15, -0.1) is 11.6 Å². The minimum Gasteiger partial charge on any atom is -0.240 e. The second kappa shape index (κ2) is 6.22. The highest BCUT2D eigenvalue weighted by atomic mass is 35.5. The average molecular weight is 217 g/mol. The van der Waals surface area contributed by atoms with Crippen molar-refractivity contribution in [2.24, 2.45) is 0 Å². The van der Waals surface area contributed by atoms with Gasteiger partial charge < -0.3 is 0 Å². The van der Waals surface area contributed by atoms with Gasteiger partial charge in [0.2, 0.25) is 0 Å². The maximum Gasteiger partial charge on any atom is 0.138 e. The first-order chi connectivity index (χ1) is 6.36. The SMILES string of the molecule is CCCSCc1ncc(CCl)cn1. The van der Waals surface area contributed by atoms with Crippen LogP contribution in [0.4, 0.5) is 0 Å². The molecule has 0 aliphatic rings. The van der Waals surface area contributed by atoms with Crippen LogP contribution in [-0.2, 0) is 11.6 Å². The second-order valence-corrected chi connectivity index (χ2v) is 4.07. The molecule has 0 aromatic carbocycles. The predicted octanol–water partition coefficient (Wildman–Crippen LogP) is 2.86. The lowest BCUT2D eigenvalue weighted by atomic mass is 10.4. The van der Waals surface area contributed by atoms with Gasteiger partial charge in [0.15, 0.2) is 0 Å². The molecule has 0 unspecified atom stereocenters. The Labute approximate surface area is 88.1 Å². The number of aromatic nitrogens is 2. The Morgan fingerprint density at radius 2 is 2.08 bits per heavy atom. The molecule has 0 saturated heterocycles. The van der Waals surface area contributed by atoms with E-state index in [9.17, 15) is 0 Å². The molecule has 1 rings (SSSR count). The third-order valence-corrected chi connectivity index (χ3v) is 2.96. The molecule has 0 aliphatic heterocycles. The first kappa shape index (κ1) is 10.8. The molecule has 0 amide bonds. The number of thioether (sulfide) groups is 1. The van der Waals surface area contributed by atoms with E-state index in [4.69, 9.17) is 11.6 Å². The minimum atomic E-state index is 0.488. The fourth-order valence-electron chi connectivity index (χ4n) is 0.833. The molecule has 0 saturated carbocycles. The summed E-state index contributed by atoms with van der Waals surface area (Å²) < 4.78 is 0. The first-order valence-corrected chi connectivity index (χ1v) is 5.99. The summed E-state index contributed by atoms with van der Waals surface area (Å²) in [5.74, 6) is 3.45. The molecule has 1 aromatic rings. The van der Waals surface area contributed by atoms with Crippen molar-refractivity contribution in [2.45, 2.75) is 25.0 Å². The summed E-state index contributed by atoms with van der Waals surface area (Å²) in [6.07, 6.45) is 4.79. The molecule has 4 heteroatoms. The van der Waals surface area contributed by atoms with Crippen LogP contribution in [0.2, 0.25) is 0 Å². The molecule has 2 nitrogen and oxygen atoms in total. The highest BCUT2D eigenvalue weighted by Gasteiger charge is 1.96. The van der Waals surface area contributed by atoms with Crippen LogP contribution in [0, 0.1) is 0 Å². The molecule has 0 spiro atoms. The van der Waals surface area contributed by atoms with E-state index in [2.05, 4.69) is 16.9 Å². The lowest BCUT2D eigenvalue weighted by Crippen LogP contribution is -1.93. The van der Waals surface area contributed by atoms with E-state index in [1.165, 1.54) is 12.2 Å². The van der Waals surface area contributed by atoms with Gasteiger partial charge in [-0.1, -0.05) is 6.92 Å². The van der Waals surface area contributed by atoms with Crippen molar-refractivity contribution < 1.29 is 0 Å². The van der Waals surface area contributed by atoms with E-state index in [0.717, 1.165) is 17.1 Å². The predicted molar refractivity (Wildman–Crippen MR) is 58.0 cm³/mol. The van der Waals surface area contributed by atoms with Crippen molar-refractivity contribution >= 4 is 23.4 Å². The second-order valence-electron chi connectivity index (χ2n) is 2.69. The van der Waals surface area contributed by atoms with E-state index in [0.29, 0.717) is 5.88 Å². The zero-order valence-corrected chi connectivity index (χ0v) is 9.24. The molecule has 1 heterocycles. The van der Waals surface area contributed by atoms with Crippen LogP contribution < -0.4 is 0 Å². The van der Waals surface area contributed by atoms with E-state index < -0.39 is 0 Å². The number of halogens is 1. The Bertz CT molecular complexity index is 238. The summed E-state index contributed by atoms with van der Waals surface area (Å²) in [6, 6.07) is 0.